The third-order valence-electron chi connectivity index (χ3n) is 2.50. The average Bonchev–Trinajstić information content (AvgIpc) is 2.19. The van der Waals surface area contributed by atoms with Crippen LogP contribution in [0.4, 0.5) is 0 Å². The lowest BCUT2D eigenvalue weighted by Crippen LogP contribution is -2.46. The highest BCUT2D eigenvalue weighted by atomic mass is 15.3. The van der Waals surface area contributed by atoms with E-state index in [9.17, 15) is 0 Å². The number of likely N-dealkylation sites (N-methyl/N-ethyl adjacent to an activating group) is 1. The highest BCUT2D eigenvalue weighted by Crippen LogP contribution is 2.22. The number of aliphatic imine (C=N–C) groups is 1. The summed E-state index contributed by atoms with van der Waals surface area (Å²) in [5.41, 5.74) is 5.78. The standard InChI is InChI=1S/C7H15N3/c1-4-7(2)5-9-6(8)10(7)3/h4-5H2,1-3H3,(H2,8,9). The summed E-state index contributed by atoms with van der Waals surface area (Å²) in [6.45, 7) is 5.17. The van der Waals surface area contributed by atoms with Gasteiger partial charge in [0.15, 0.2) is 5.96 Å². The molecule has 3 heteroatoms. The molecular weight excluding hydrogens is 126 g/mol. The van der Waals surface area contributed by atoms with Crippen LogP contribution < -0.4 is 5.73 Å². The highest BCUT2D eigenvalue weighted by molar-refractivity contribution is 5.80. The Bertz CT molecular complexity index is 164. The molecule has 1 aliphatic rings. The van der Waals surface area contributed by atoms with Crippen molar-refractivity contribution in [2.45, 2.75) is 25.8 Å². The Balaban J connectivity index is 2.72. The van der Waals surface area contributed by atoms with Crippen LogP contribution in [0.1, 0.15) is 20.3 Å². The Morgan fingerprint density at radius 1 is 1.80 bits per heavy atom. The molecular formula is C7H15N3. The molecule has 0 saturated heterocycles. The molecule has 10 heavy (non-hydrogen) atoms. The van der Waals surface area contributed by atoms with Gasteiger partial charge in [0.1, 0.15) is 0 Å². The van der Waals surface area contributed by atoms with Gasteiger partial charge in [-0.25, -0.2) is 0 Å². The molecule has 1 atom stereocenters. The summed E-state index contributed by atoms with van der Waals surface area (Å²) < 4.78 is 0. The van der Waals surface area contributed by atoms with Crippen molar-refractivity contribution in [1.29, 1.82) is 0 Å². The normalized spacial score (nSPS) is 32.7. The van der Waals surface area contributed by atoms with Crippen molar-refractivity contribution in [2.75, 3.05) is 13.6 Å². The van der Waals surface area contributed by atoms with E-state index in [1.54, 1.807) is 0 Å². The van der Waals surface area contributed by atoms with Crippen molar-refractivity contribution < 1.29 is 0 Å². The van der Waals surface area contributed by atoms with Gasteiger partial charge in [-0.2, -0.15) is 0 Å². The first kappa shape index (κ1) is 7.38. The fourth-order valence-corrected chi connectivity index (χ4v) is 1.09. The van der Waals surface area contributed by atoms with Crippen molar-refractivity contribution in [3.63, 3.8) is 0 Å². The first-order chi connectivity index (χ1) is 4.60. The van der Waals surface area contributed by atoms with E-state index < -0.39 is 0 Å². The quantitative estimate of drug-likeness (QED) is 0.575. The summed E-state index contributed by atoms with van der Waals surface area (Å²) in [5, 5.41) is 0. The molecule has 2 N–H and O–H groups in total. The van der Waals surface area contributed by atoms with Gasteiger partial charge in [0.2, 0.25) is 0 Å². The maximum atomic E-state index is 5.61. The number of nitrogens with zero attached hydrogens (tertiary/aromatic N) is 2. The van der Waals surface area contributed by atoms with E-state index in [2.05, 4.69) is 18.8 Å². The van der Waals surface area contributed by atoms with E-state index in [1.165, 1.54) is 0 Å². The minimum Gasteiger partial charge on any atom is -0.370 e. The van der Waals surface area contributed by atoms with Gasteiger partial charge in [-0.15, -0.1) is 0 Å². The molecule has 0 saturated carbocycles. The van der Waals surface area contributed by atoms with Gasteiger partial charge in [0.25, 0.3) is 0 Å². The molecule has 0 aromatic carbocycles. The minimum atomic E-state index is 0.171. The minimum absolute atomic E-state index is 0.171. The van der Waals surface area contributed by atoms with E-state index >= 15 is 0 Å². The Kier molecular flexibility index (Phi) is 1.58. The van der Waals surface area contributed by atoms with E-state index in [1.807, 2.05) is 11.9 Å². The van der Waals surface area contributed by atoms with Crippen LogP contribution in [-0.4, -0.2) is 30.0 Å². The van der Waals surface area contributed by atoms with E-state index in [-0.39, 0.29) is 5.54 Å². The molecule has 0 radical (unpaired) electrons. The second kappa shape index (κ2) is 2.15. The van der Waals surface area contributed by atoms with Crippen LogP contribution in [0.25, 0.3) is 0 Å². The first-order valence-corrected chi connectivity index (χ1v) is 3.64. The molecule has 0 spiro atoms. The molecule has 0 fully saturated rings. The van der Waals surface area contributed by atoms with Crippen LogP contribution in [-0.2, 0) is 0 Å². The summed E-state index contributed by atoms with van der Waals surface area (Å²) in [5.74, 6) is 0.671. The van der Waals surface area contributed by atoms with Gasteiger partial charge in [-0.1, -0.05) is 6.92 Å². The molecule has 1 aliphatic heterocycles. The van der Waals surface area contributed by atoms with Crippen LogP contribution in [0.2, 0.25) is 0 Å². The van der Waals surface area contributed by atoms with Gasteiger partial charge in [-0.05, 0) is 13.3 Å². The fraction of sp³-hybridized carbons (Fsp3) is 0.857. The molecule has 0 aromatic heterocycles. The molecule has 0 amide bonds. The van der Waals surface area contributed by atoms with Crippen LogP contribution >= 0.6 is 0 Å². The lowest BCUT2D eigenvalue weighted by molar-refractivity contribution is 0.253. The van der Waals surface area contributed by atoms with Crippen LogP contribution in [0.15, 0.2) is 4.99 Å². The molecule has 3 nitrogen and oxygen atoms in total. The zero-order chi connectivity index (χ0) is 7.78. The highest BCUT2D eigenvalue weighted by Gasteiger charge is 2.32. The Labute approximate surface area is 61.9 Å². The smallest absolute Gasteiger partial charge is 0.191 e. The van der Waals surface area contributed by atoms with Crippen LogP contribution in [0, 0.1) is 0 Å². The fourth-order valence-electron chi connectivity index (χ4n) is 1.09. The maximum absolute atomic E-state index is 5.61. The van der Waals surface area contributed by atoms with E-state index in [4.69, 9.17) is 5.73 Å². The van der Waals surface area contributed by atoms with Gasteiger partial charge in [-0.3, -0.25) is 4.99 Å². The number of guanidine groups is 1. The second-order valence-electron chi connectivity index (χ2n) is 3.08. The van der Waals surface area contributed by atoms with Gasteiger partial charge < -0.3 is 10.6 Å². The van der Waals surface area contributed by atoms with E-state index in [0.29, 0.717) is 5.96 Å². The van der Waals surface area contributed by atoms with Crippen LogP contribution in [0.3, 0.4) is 0 Å². The molecule has 1 unspecified atom stereocenters. The molecule has 0 bridgehead atoms. The third kappa shape index (κ3) is 0.856. The molecule has 58 valence electrons. The summed E-state index contributed by atoms with van der Waals surface area (Å²) >= 11 is 0. The van der Waals surface area contributed by atoms with Crippen molar-refractivity contribution in [3.05, 3.63) is 0 Å². The SMILES string of the molecule is CCC1(C)CN=C(N)N1C. The molecule has 0 aromatic rings. The zero-order valence-corrected chi connectivity index (χ0v) is 6.89. The number of rotatable bonds is 1. The van der Waals surface area contributed by atoms with E-state index in [0.717, 1.165) is 13.0 Å². The monoisotopic (exact) mass is 141 g/mol. The van der Waals surface area contributed by atoms with Crippen molar-refractivity contribution in [2.24, 2.45) is 10.7 Å². The lowest BCUT2D eigenvalue weighted by Gasteiger charge is -2.31. The molecule has 1 rings (SSSR count). The van der Waals surface area contributed by atoms with Crippen LogP contribution in [0.5, 0.6) is 0 Å². The Morgan fingerprint density at radius 3 is 2.60 bits per heavy atom. The summed E-state index contributed by atoms with van der Waals surface area (Å²) in [6.07, 6.45) is 1.09. The van der Waals surface area contributed by atoms with Crippen molar-refractivity contribution >= 4 is 5.96 Å². The number of nitrogens with two attached hydrogens (primary N) is 1. The second-order valence-corrected chi connectivity index (χ2v) is 3.08. The zero-order valence-electron chi connectivity index (χ0n) is 6.89. The lowest BCUT2D eigenvalue weighted by atomic mass is 9.99. The average molecular weight is 141 g/mol. The van der Waals surface area contributed by atoms with Gasteiger partial charge in [0.05, 0.1) is 12.1 Å². The maximum Gasteiger partial charge on any atom is 0.191 e. The Hall–Kier alpha value is -0.730. The van der Waals surface area contributed by atoms with Crippen molar-refractivity contribution in [3.8, 4) is 0 Å². The number of hydrogen-bond acceptors (Lipinski definition) is 3. The predicted molar refractivity (Wildman–Crippen MR) is 42.9 cm³/mol. The molecule has 1 heterocycles. The largest absolute Gasteiger partial charge is 0.370 e. The summed E-state index contributed by atoms with van der Waals surface area (Å²) in [4.78, 5) is 6.21. The molecule has 0 aliphatic carbocycles. The topological polar surface area (TPSA) is 41.6 Å². The summed E-state index contributed by atoms with van der Waals surface area (Å²) in [7, 11) is 2.00. The summed E-state index contributed by atoms with van der Waals surface area (Å²) in [6, 6.07) is 0. The van der Waals surface area contributed by atoms with Gasteiger partial charge >= 0.3 is 0 Å². The van der Waals surface area contributed by atoms with Gasteiger partial charge in [0, 0.05) is 7.05 Å². The first-order valence-electron chi connectivity index (χ1n) is 3.64. The predicted octanol–water partition coefficient (Wildman–Crippen LogP) is 0.415. The number of hydrogen-bond donors (Lipinski definition) is 1. The third-order valence-corrected chi connectivity index (χ3v) is 2.50. The van der Waals surface area contributed by atoms with Crippen molar-refractivity contribution in [1.82, 2.24) is 4.90 Å². The Morgan fingerprint density at radius 2 is 2.40 bits per heavy atom.